The highest BCUT2D eigenvalue weighted by Gasteiger charge is 2.18. The number of rotatable bonds is 9. The summed E-state index contributed by atoms with van der Waals surface area (Å²) < 4.78 is 4.77. The van der Waals surface area contributed by atoms with E-state index in [9.17, 15) is 0 Å². The second kappa shape index (κ2) is 12.5. The Kier molecular flexibility index (Phi) is 8.34. The highest BCUT2D eigenvalue weighted by Crippen LogP contribution is 2.31. The van der Waals surface area contributed by atoms with Crippen molar-refractivity contribution in [1.29, 1.82) is 0 Å². The predicted molar refractivity (Wildman–Crippen MR) is 185 cm³/mol. The summed E-state index contributed by atoms with van der Waals surface area (Å²) in [7, 11) is 0. The Hall–Kier alpha value is -4.70. The molecule has 4 heteroatoms. The zero-order valence-corrected chi connectivity index (χ0v) is 27.0. The van der Waals surface area contributed by atoms with Crippen molar-refractivity contribution in [2.75, 3.05) is 10.6 Å². The lowest BCUT2D eigenvalue weighted by Gasteiger charge is -2.17. The van der Waals surface area contributed by atoms with Crippen molar-refractivity contribution in [3.63, 3.8) is 0 Å². The molecule has 0 saturated carbocycles. The van der Waals surface area contributed by atoms with Gasteiger partial charge in [-0.1, -0.05) is 48.5 Å². The number of aryl methyl sites for hydroxylation is 8. The summed E-state index contributed by atoms with van der Waals surface area (Å²) in [6.45, 7) is 15.1. The van der Waals surface area contributed by atoms with Gasteiger partial charge in [0.15, 0.2) is 11.4 Å². The first kappa shape index (κ1) is 29.4. The molecule has 0 bridgehead atoms. The lowest BCUT2D eigenvalue weighted by molar-refractivity contribution is -0.674. The molecular weight excluding hydrogens is 536 g/mol. The summed E-state index contributed by atoms with van der Waals surface area (Å²) in [6.07, 6.45) is 1.87. The molecule has 0 spiro atoms. The van der Waals surface area contributed by atoms with Crippen molar-refractivity contribution in [3.05, 3.63) is 131 Å². The van der Waals surface area contributed by atoms with Gasteiger partial charge in [-0.3, -0.25) is 0 Å². The van der Waals surface area contributed by atoms with Crippen LogP contribution in [0.5, 0.6) is 0 Å². The number of nitrogens with one attached hydrogen (secondary N) is 2. The van der Waals surface area contributed by atoms with E-state index in [1.807, 2.05) is 0 Å². The highest BCUT2D eigenvalue weighted by atomic mass is 15.0. The molecule has 4 aromatic carbocycles. The molecule has 0 fully saturated rings. The number of benzene rings is 4. The van der Waals surface area contributed by atoms with Crippen LogP contribution in [0.15, 0.2) is 97.1 Å². The molecule has 0 radical (unpaired) electrons. The Bertz CT molecular complexity index is 1840. The lowest BCUT2D eigenvalue weighted by atomic mass is 10.0. The fraction of sp³-hybridized carbons (Fsp3) is 0.250. The third kappa shape index (κ3) is 5.77. The molecule has 2 aromatic heterocycles. The number of fused-ring (bicyclic) bond motifs is 2. The molecule has 222 valence electrons. The highest BCUT2D eigenvalue weighted by molar-refractivity contribution is 5.93. The second-order valence-corrected chi connectivity index (χ2v) is 12.0. The Morgan fingerprint density at radius 1 is 0.477 bits per heavy atom. The summed E-state index contributed by atoms with van der Waals surface area (Å²) in [4.78, 5) is 0. The number of hydrogen-bond acceptors (Lipinski definition) is 2. The number of hydrogen-bond donors (Lipinski definition) is 2. The van der Waals surface area contributed by atoms with Gasteiger partial charge >= 0.3 is 0 Å². The molecule has 0 aliphatic heterocycles. The minimum absolute atomic E-state index is 0.934. The summed E-state index contributed by atoms with van der Waals surface area (Å²) in [5.74, 6) is 0. The van der Waals surface area contributed by atoms with Gasteiger partial charge in [-0.2, -0.15) is 9.13 Å². The first-order valence-corrected chi connectivity index (χ1v) is 15.9. The molecular formula is C40H44N4+2. The van der Waals surface area contributed by atoms with Crippen molar-refractivity contribution in [1.82, 2.24) is 0 Å². The number of anilines is 4. The van der Waals surface area contributed by atoms with Gasteiger partial charge in [0.2, 0.25) is 11.0 Å². The van der Waals surface area contributed by atoms with Gasteiger partial charge in [-0.05, 0) is 87.1 Å². The third-order valence-corrected chi connectivity index (χ3v) is 8.89. The summed E-state index contributed by atoms with van der Waals surface area (Å²) in [6, 6.07) is 35.6. The Labute approximate surface area is 262 Å². The van der Waals surface area contributed by atoms with E-state index in [0.717, 1.165) is 37.3 Å². The fourth-order valence-electron chi connectivity index (χ4n) is 6.64. The average molecular weight is 581 g/mol. The van der Waals surface area contributed by atoms with Crippen LogP contribution in [0.4, 0.5) is 22.7 Å². The van der Waals surface area contributed by atoms with Gasteiger partial charge in [0.1, 0.15) is 13.1 Å². The second-order valence-electron chi connectivity index (χ2n) is 12.0. The van der Waals surface area contributed by atoms with Gasteiger partial charge < -0.3 is 10.6 Å². The van der Waals surface area contributed by atoms with Crippen molar-refractivity contribution >= 4 is 44.6 Å². The number of pyridine rings is 2. The maximum Gasteiger partial charge on any atom is 0.214 e. The van der Waals surface area contributed by atoms with Crippen LogP contribution in [0.2, 0.25) is 0 Å². The van der Waals surface area contributed by atoms with E-state index >= 15 is 0 Å². The van der Waals surface area contributed by atoms with E-state index in [-0.39, 0.29) is 0 Å². The standard InChI is InChI=1S/C40H42N4/c1-7-43-29(5)25-37(33-23-27(3)17-21-39(33)43)41-35-15-11-9-13-31(35)19-20-32-14-10-12-16-36(32)42-38-26-30(6)44(8-2)40-22-18-28(4)24-34(38)40/h9-18,21-26H,7-8,19-20H2,1-6H3/p+2. The molecule has 0 aliphatic carbocycles. The van der Waals surface area contributed by atoms with Crippen molar-refractivity contribution in [2.24, 2.45) is 0 Å². The van der Waals surface area contributed by atoms with Gasteiger partial charge in [0.05, 0.1) is 22.1 Å². The minimum Gasteiger partial charge on any atom is -0.354 e. The minimum atomic E-state index is 0.934. The van der Waals surface area contributed by atoms with Gasteiger partial charge in [0.25, 0.3) is 0 Å². The van der Waals surface area contributed by atoms with Crippen LogP contribution in [0.25, 0.3) is 21.8 Å². The number of nitrogens with zero attached hydrogens (tertiary/aromatic N) is 2. The van der Waals surface area contributed by atoms with Crippen LogP contribution in [0.3, 0.4) is 0 Å². The summed E-state index contributed by atoms with van der Waals surface area (Å²) in [5, 5.41) is 10.2. The van der Waals surface area contributed by atoms with Gasteiger partial charge in [-0.15, -0.1) is 0 Å². The van der Waals surface area contributed by atoms with Gasteiger partial charge in [-0.25, -0.2) is 0 Å². The largest absolute Gasteiger partial charge is 0.354 e. The Balaban J connectivity index is 1.30. The van der Waals surface area contributed by atoms with Crippen molar-refractivity contribution in [3.8, 4) is 0 Å². The Morgan fingerprint density at radius 3 is 1.30 bits per heavy atom. The topological polar surface area (TPSA) is 31.8 Å². The van der Waals surface area contributed by atoms with Gasteiger partial charge in [0, 0.05) is 49.5 Å². The molecule has 0 amide bonds. The first-order valence-electron chi connectivity index (χ1n) is 15.9. The van der Waals surface area contributed by atoms with Crippen LogP contribution in [0.1, 0.15) is 47.5 Å². The number of aromatic nitrogens is 2. The quantitative estimate of drug-likeness (QED) is 0.167. The zero-order chi connectivity index (χ0) is 30.8. The normalized spacial score (nSPS) is 11.3. The van der Waals surface area contributed by atoms with Crippen LogP contribution in [0, 0.1) is 27.7 Å². The van der Waals surface area contributed by atoms with E-state index in [2.05, 4.69) is 158 Å². The van der Waals surface area contributed by atoms with Crippen molar-refractivity contribution in [2.45, 2.75) is 67.5 Å². The van der Waals surface area contributed by atoms with Crippen LogP contribution in [-0.2, 0) is 25.9 Å². The van der Waals surface area contributed by atoms with Crippen molar-refractivity contribution < 1.29 is 9.13 Å². The molecule has 0 saturated heterocycles. The molecule has 2 heterocycles. The molecule has 6 aromatic rings. The molecule has 0 aliphatic rings. The maximum atomic E-state index is 3.84. The molecule has 0 atom stereocenters. The molecule has 2 N–H and O–H groups in total. The Morgan fingerprint density at radius 2 is 0.886 bits per heavy atom. The molecule has 6 rings (SSSR count). The molecule has 0 unspecified atom stereocenters. The van der Waals surface area contributed by atoms with Crippen LogP contribution >= 0.6 is 0 Å². The van der Waals surface area contributed by atoms with Crippen LogP contribution < -0.4 is 19.8 Å². The molecule has 4 nitrogen and oxygen atoms in total. The summed E-state index contributed by atoms with van der Waals surface area (Å²) in [5.41, 5.74) is 14.9. The first-order chi connectivity index (χ1) is 21.4. The third-order valence-electron chi connectivity index (χ3n) is 8.89. The number of para-hydroxylation sites is 2. The van der Waals surface area contributed by atoms with E-state index in [1.54, 1.807) is 0 Å². The van der Waals surface area contributed by atoms with E-state index in [0.29, 0.717) is 0 Å². The fourth-order valence-corrected chi connectivity index (χ4v) is 6.64. The molecule has 44 heavy (non-hydrogen) atoms. The van der Waals surface area contributed by atoms with E-state index < -0.39 is 0 Å². The SMILES string of the molecule is CC[n+]1c(C)cc(Nc2ccccc2CCc2ccccc2Nc2cc(C)[n+](CC)c3ccc(C)cc23)c2cc(C)ccc21. The monoisotopic (exact) mass is 580 g/mol. The lowest BCUT2D eigenvalue weighted by Crippen LogP contribution is -2.36. The van der Waals surface area contributed by atoms with E-state index in [1.165, 1.54) is 66.8 Å². The average Bonchev–Trinajstić information content (AvgIpc) is 3.02. The van der Waals surface area contributed by atoms with E-state index in [4.69, 9.17) is 0 Å². The van der Waals surface area contributed by atoms with Crippen LogP contribution in [-0.4, -0.2) is 0 Å². The summed E-state index contributed by atoms with van der Waals surface area (Å²) >= 11 is 0. The smallest absolute Gasteiger partial charge is 0.214 e. The predicted octanol–water partition coefficient (Wildman–Crippen LogP) is 9.11. The maximum absolute atomic E-state index is 3.84. The zero-order valence-electron chi connectivity index (χ0n) is 27.0.